The average Bonchev–Trinajstić information content (AvgIpc) is 0.811. The van der Waals surface area contributed by atoms with E-state index in [2.05, 4.69) is 0 Å². The Morgan fingerprint density at radius 1 is 1.33 bits per heavy atom. The molecule has 0 aromatic rings. The van der Waals surface area contributed by atoms with E-state index in [4.69, 9.17) is 12.2 Å². The summed E-state index contributed by atoms with van der Waals surface area (Å²) in [6.07, 6.45) is 0. The Morgan fingerprint density at radius 3 is 1.33 bits per heavy atom. The van der Waals surface area contributed by atoms with Gasteiger partial charge in [0, 0.05) is 17.1 Å². The maximum absolute atomic E-state index is 8.76. The van der Waals surface area contributed by atoms with E-state index >= 15 is 0 Å². The van der Waals surface area contributed by atoms with Gasteiger partial charge >= 0.3 is 45.6 Å². The summed E-state index contributed by atoms with van der Waals surface area (Å²) in [6.45, 7) is 0. The summed E-state index contributed by atoms with van der Waals surface area (Å²) in [5.74, 6) is 0. The van der Waals surface area contributed by atoms with E-state index < -0.39 is 14.5 Å². The number of hydrogen-bond donors (Lipinski definition) is 2. The summed E-state index contributed by atoms with van der Waals surface area (Å²) in [7, 11) is 0. The van der Waals surface area contributed by atoms with Crippen molar-refractivity contribution < 1.29 is 29.3 Å². The molecule has 0 unspecified atom stereocenters. The van der Waals surface area contributed by atoms with E-state index in [0.29, 0.717) is 0 Å². The molecule has 0 bridgehead atoms. The molecule has 0 rings (SSSR count). The molecule has 6 heteroatoms. The zero-order chi connectivity index (χ0) is 3.58. The van der Waals surface area contributed by atoms with E-state index in [1.807, 2.05) is 0 Å². The van der Waals surface area contributed by atoms with Crippen LogP contribution in [0.2, 0.25) is 0 Å². The molecule has 0 aromatic carbocycles. The molecule has 1 radical (unpaired) electrons. The van der Waals surface area contributed by atoms with Crippen LogP contribution in [0, 0.1) is 0 Å². The van der Waals surface area contributed by atoms with Crippen LogP contribution in [-0.2, 0) is 20.9 Å². The molecule has 0 spiro atoms. The minimum Gasteiger partial charge on any atom is 0 e. The molecule has 0 aromatic heterocycles. The SMILES string of the molecule is O=[Se](O)O.[LiH].[Mn]. The first kappa shape index (κ1) is 15.7. The van der Waals surface area contributed by atoms with E-state index in [0.717, 1.165) is 0 Å². The monoisotopic (exact) mass is 193 g/mol. The van der Waals surface area contributed by atoms with Gasteiger partial charge in [-0.25, -0.2) is 0 Å². The molecular weight excluding hydrogens is 189 g/mol. The molecule has 0 heterocycles. The Balaban J connectivity index is -0.0000000450. The summed E-state index contributed by atoms with van der Waals surface area (Å²) < 4.78 is 23.1. The van der Waals surface area contributed by atoms with Crippen molar-refractivity contribution in [1.82, 2.24) is 0 Å². The normalized spacial score (nSPS) is 5.83. The maximum Gasteiger partial charge on any atom is 0 e. The molecular formula is H3LiMnO3Se. The molecule has 0 aliphatic heterocycles. The molecule has 0 amide bonds. The molecule has 3 nitrogen and oxygen atoms in total. The van der Waals surface area contributed by atoms with Gasteiger partial charge in [0.05, 0.1) is 0 Å². The van der Waals surface area contributed by atoms with Crippen LogP contribution in [0.25, 0.3) is 0 Å². The minimum atomic E-state index is -3.29. The third-order valence-electron chi connectivity index (χ3n) is 0. The summed E-state index contributed by atoms with van der Waals surface area (Å²) >= 11 is -3.29. The second-order valence-electron chi connectivity index (χ2n) is 0.231. The first-order chi connectivity index (χ1) is 1.73. The minimum absolute atomic E-state index is 0. The molecule has 2 N–H and O–H groups in total. The average molecular weight is 192 g/mol. The van der Waals surface area contributed by atoms with E-state index in [9.17, 15) is 0 Å². The molecule has 0 saturated heterocycles. The number of rotatable bonds is 0. The fraction of sp³-hybridized carbons (Fsp3) is 0. The predicted molar refractivity (Wildman–Crippen MR) is 18.0 cm³/mol. The molecule has 0 aliphatic rings. The third kappa shape index (κ3) is 55.3. The second kappa shape index (κ2) is 9.61. The topological polar surface area (TPSA) is 57.5 Å². The van der Waals surface area contributed by atoms with Crippen LogP contribution in [0.5, 0.6) is 0 Å². The molecule has 0 atom stereocenters. The van der Waals surface area contributed by atoms with Crippen LogP contribution in [-0.4, -0.2) is 41.7 Å². The van der Waals surface area contributed by atoms with Gasteiger partial charge in [-0.3, -0.25) is 0 Å². The Hall–Kier alpha value is 1.36. The van der Waals surface area contributed by atoms with Crippen LogP contribution in [0.3, 0.4) is 0 Å². The van der Waals surface area contributed by atoms with Crippen molar-refractivity contribution in [2.45, 2.75) is 0 Å². The van der Waals surface area contributed by atoms with Crippen LogP contribution >= 0.6 is 0 Å². The molecule has 0 aliphatic carbocycles. The van der Waals surface area contributed by atoms with Crippen molar-refractivity contribution in [3.8, 4) is 0 Å². The van der Waals surface area contributed by atoms with Crippen LogP contribution < -0.4 is 0 Å². The zero-order valence-corrected chi connectivity index (χ0v) is 4.98. The summed E-state index contributed by atoms with van der Waals surface area (Å²) in [5, 5.41) is 0. The fourth-order valence-corrected chi connectivity index (χ4v) is 0. The zero-order valence-electron chi connectivity index (χ0n) is 2.09. The van der Waals surface area contributed by atoms with Crippen LogP contribution in [0.1, 0.15) is 0 Å². The fourth-order valence-electron chi connectivity index (χ4n) is 0. The van der Waals surface area contributed by atoms with Gasteiger partial charge in [0.25, 0.3) is 0 Å². The second-order valence-corrected chi connectivity index (χ2v) is 1.20. The summed E-state index contributed by atoms with van der Waals surface area (Å²) in [5.41, 5.74) is 0. The first-order valence-corrected chi connectivity index (χ1v) is 2.76. The summed E-state index contributed by atoms with van der Waals surface area (Å²) in [4.78, 5) is 0. The van der Waals surface area contributed by atoms with Crippen molar-refractivity contribution in [3.05, 3.63) is 0 Å². The van der Waals surface area contributed by atoms with Gasteiger partial charge in [0.2, 0.25) is 0 Å². The Labute approximate surface area is 62.5 Å². The van der Waals surface area contributed by atoms with E-state index in [1.165, 1.54) is 0 Å². The van der Waals surface area contributed by atoms with Crippen LogP contribution in [0.4, 0.5) is 0 Å². The van der Waals surface area contributed by atoms with Gasteiger partial charge in [-0.1, -0.05) is 0 Å². The summed E-state index contributed by atoms with van der Waals surface area (Å²) in [6, 6.07) is 0. The molecule has 6 heavy (non-hydrogen) atoms. The van der Waals surface area contributed by atoms with E-state index in [-0.39, 0.29) is 35.9 Å². The van der Waals surface area contributed by atoms with Gasteiger partial charge < -0.3 is 0 Å². The molecule has 0 saturated carbocycles. The van der Waals surface area contributed by atoms with Gasteiger partial charge in [0.1, 0.15) is 0 Å². The largest absolute Gasteiger partial charge is 0 e. The quantitative estimate of drug-likeness (QED) is 0.425. The van der Waals surface area contributed by atoms with Crippen molar-refractivity contribution in [3.63, 3.8) is 0 Å². The predicted octanol–water partition coefficient (Wildman–Crippen LogP) is -2.26. The van der Waals surface area contributed by atoms with Crippen LogP contribution in [0.15, 0.2) is 0 Å². The molecule has 0 fully saturated rings. The van der Waals surface area contributed by atoms with Crippen molar-refractivity contribution >= 4 is 33.4 Å². The maximum atomic E-state index is 8.76. The van der Waals surface area contributed by atoms with E-state index in [1.54, 1.807) is 0 Å². The third-order valence-corrected chi connectivity index (χ3v) is 0. The van der Waals surface area contributed by atoms with Crippen molar-refractivity contribution in [2.24, 2.45) is 0 Å². The Morgan fingerprint density at radius 2 is 1.33 bits per heavy atom. The van der Waals surface area contributed by atoms with Crippen molar-refractivity contribution in [2.75, 3.05) is 0 Å². The first-order valence-electron chi connectivity index (χ1n) is 0.532. The smallest absolute Gasteiger partial charge is 0 e. The number of hydrogen-bond acceptors (Lipinski definition) is 1. The Kier molecular flexibility index (Phi) is 25.1. The van der Waals surface area contributed by atoms with Gasteiger partial charge in [-0.2, -0.15) is 0 Å². The standard InChI is InChI=1S/Li.Mn.H2O3Se.H/c;;1-4(2)3;/h;;(H2,1,2,3);. The van der Waals surface area contributed by atoms with Gasteiger partial charge in [-0.05, 0) is 0 Å². The van der Waals surface area contributed by atoms with Gasteiger partial charge in [0.15, 0.2) is 0 Å². The molecule has 35 valence electrons. The Bertz CT molecular complexity index is 33.8. The van der Waals surface area contributed by atoms with Gasteiger partial charge in [-0.15, -0.1) is 0 Å². The van der Waals surface area contributed by atoms with Crippen molar-refractivity contribution in [1.29, 1.82) is 0 Å².